The first-order valence-corrected chi connectivity index (χ1v) is 8.85. The number of amides is 1. The third-order valence-electron chi connectivity index (χ3n) is 4.04. The Bertz CT molecular complexity index is 943. The summed E-state index contributed by atoms with van der Waals surface area (Å²) in [7, 11) is 0. The van der Waals surface area contributed by atoms with Crippen LogP contribution in [0.15, 0.2) is 59.0 Å². The third-order valence-corrected chi connectivity index (χ3v) is 4.04. The molecule has 0 aliphatic rings. The molecule has 1 amide bonds. The van der Waals surface area contributed by atoms with Crippen LogP contribution in [0.3, 0.4) is 0 Å². The highest BCUT2D eigenvalue weighted by Gasteiger charge is 2.11. The molecule has 1 aromatic heterocycles. The topological polar surface area (TPSA) is 71.7 Å². The molecule has 140 valence electrons. The number of anilines is 1. The van der Waals surface area contributed by atoms with Gasteiger partial charge in [-0.25, -0.2) is 0 Å². The fourth-order valence-corrected chi connectivity index (χ4v) is 2.81. The molecule has 0 bridgehead atoms. The van der Waals surface area contributed by atoms with E-state index in [2.05, 4.69) is 5.32 Å². The molecule has 3 rings (SSSR count). The van der Waals surface area contributed by atoms with Crippen molar-refractivity contribution >= 4 is 11.6 Å². The number of hydrogen-bond donors (Lipinski definition) is 2. The monoisotopic (exact) mass is 365 g/mol. The Kier molecular flexibility index (Phi) is 5.62. The van der Waals surface area contributed by atoms with E-state index in [1.165, 1.54) is 0 Å². The molecule has 0 atom stereocenters. The lowest BCUT2D eigenvalue weighted by Crippen LogP contribution is -2.13. The minimum Gasteiger partial charge on any atom is -0.491 e. The molecule has 27 heavy (non-hydrogen) atoms. The number of nitrogens with one attached hydrogen (secondary N) is 1. The van der Waals surface area contributed by atoms with Crippen molar-refractivity contribution in [3.05, 3.63) is 71.5 Å². The van der Waals surface area contributed by atoms with E-state index in [1.54, 1.807) is 24.3 Å². The van der Waals surface area contributed by atoms with Crippen molar-refractivity contribution in [2.45, 2.75) is 33.5 Å². The van der Waals surface area contributed by atoms with Gasteiger partial charge in [0.2, 0.25) is 0 Å². The van der Waals surface area contributed by atoms with Crippen molar-refractivity contribution < 1.29 is 19.1 Å². The molecular weight excluding hydrogens is 342 g/mol. The van der Waals surface area contributed by atoms with E-state index in [4.69, 9.17) is 14.3 Å². The van der Waals surface area contributed by atoms with Gasteiger partial charge in [0.15, 0.2) is 0 Å². The van der Waals surface area contributed by atoms with Crippen molar-refractivity contribution in [2.75, 3.05) is 5.32 Å². The number of carbonyl (C=O) groups excluding carboxylic acids is 1. The molecule has 0 aliphatic heterocycles. The number of hydrogen-bond acceptors (Lipinski definition) is 4. The summed E-state index contributed by atoms with van der Waals surface area (Å²) in [6.07, 6.45) is 0.0476. The maximum Gasteiger partial charge on any atom is 0.255 e. The quantitative estimate of drug-likeness (QED) is 0.659. The van der Waals surface area contributed by atoms with Gasteiger partial charge in [-0.15, -0.1) is 0 Å². The second-order valence-corrected chi connectivity index (χ2v) is 6.60. The molecule has 0 radical (unpaired) electrons. The average Bonchev–Trinajstić information content (AvgIpc) is 3.10. The van der Waals surface area contributed by atoms with Crippen LogP contribution in [0.4, 0.5) is 5.69 Å². The van der Waals surface area contributed by atoms with Gasteiger partial charge in [0.1, 0.15) is 23.9 Å². The maximum atomic E-state index is 12.5. The lowest BCUT2D eigenvalue weighted by atomic mass is 10.1. The smallest absolute Gasteiger partial charge is 0.255 e. The van der Waals surface area contributed by atoms with Gasteiger partial charge in [-0.3, -0.25) is 4.79 Å². The zero-order valence-electron chi connectivity index (χ0n) is 15.7. The van der Waals surface area contributed by atoms with Gasteiger partial charge < -0.3 is 19.6 Å². The van der Waals surface area contributed by atoms with Gasteiger partial charge in [-0.1, -0.05) is 6.07 Å². The Hall–Kier alpha value is -3.05. The number of aliphatic hydroxyl groups excluding tert-OH is 1. The third kappa shape index (κ3) is 4.57. The normalized spacial score (nSPS) is 10.9. The van der Waals surface area contributed by atoms with Crippen LogP contribution in [0.1, 0.15) is 35.5 Å². The van der Waals surface area contributed by atoms with Crippen LogP contribution in [0.2, 0.25) is 0 Å². The SMILES string of the molecule is Cc1cc(NC(=O)c2cccc(OC(C)C)c2)ccc1-c1ccc(CO)o1. The van der Waals surface area contributed by atoms with Crippen molar-refractivity contribution in [2.24, 2.45) is 0 Å². The van der Waals surface area contributed by atoms with Crippen LogP contribution < -0.4 is 10.1 Å². The Morgan fingerprint density at radius 3 is 2.63 bits per heavy atom. The largest absolute Gasteiger partial charge is 0.491 e. The first-order chi connectivity index (χ1) is 13.0. The number of aryl methyl sites for hydroxylation is 1. The maximum absolute atomic E-state index is 12.5. The molecule has 2 aromatic carbocycles. The summed E-state index contributed by atoms with van der Waals surface area (Å²) in [5.41, 5.74) is 3.11. The fraction of sp³-hybridized carbons (Fsp3) is 0.227. The summed E-state index contributed by atoms with van der Waals surface area (Å²) < 4.78 is 11.2. The lowest BCUT2D eigenvalue weighted by Gasteiger charge is -2.12. The van der Waals surface area contributed by atoms with E-state index < -0.39 is 0 Å². The summed E-state index contributed by atoms with van der Waals surface area (Å²) in [5, 5.41) is 12.0. The minimum atomic E-state index is -0.197. The standard InChI is InChI=1S/C22H23NO4/c1-14(2)26-18-6-4-5-16(12-18)22(25)23-17-7-9-20(15(3)11-17)21-10-8-19(13-24)27-21/h4-12,14,24H,13H2,1-3H3,(H,23,25). The van der Waals surface area contributed by atoms with Crippen LogP contribution >= 0.6 is 0 Å². The number of benzene rings is 2. The Morgan fingerprint density at radius 1 is 1.15 bits per heavy atom. The molecule has 5 heteroatoms. The van der Waals surface area contributed by atoms with Crippen molar-refractivity contribution in [1.82, 2.24) is 0 Å². The fourth-order valence-electron chi connectivity index (χ4n) is 2.81. The molecule has 1 heterocycles. The molecule has 0 unspecified atom stereocenters. The lowest BCUT2D eigenvalue weighted by molar-refractivity contribution is 0.102. The zero-order chi connectivity index (χ0) is 19.4. The predicted octanol–water partition coefficient (Wildman–Crippen LogP) is 4.79. The van der Waals surface area contributed by atoms with E-state index in [9.17, 15) is 4.79 Å². The van der Waals surface area contributed by atoms with Gasteiger partial charge in [0.05, 0.1) is 6.10 Å². The van der Waals surface area contributed by atoms with Gasteiger partial charge >= 0.3 is 0 Å². The summed E-state index contributed by atoms with van der Waals surface area (Å²) in [6.45, 7) is 5.70. The van der Waals surface area contributed by atoms with Gasteiger partial charge in [0, 0.05) is 16.8 Å². The summed E-state index contributed by atoms with van der Waals surface area (Å²) >= 11 is 0. The van der Waals surface area contributed by atoms with Crippen LogP contribution in [-0.2, 0) is 6.61 Å². The van der Waals surface area contributed by atoms with E-state index >= 15 is 0 Å². The van der Waals surface area contributed by atoms with Gasteiger partial charge in [-0.2, -0.15) is 0 Å². The van der Waals surface area contributed by atoms with Crippen LogP contribution in [0.5, 0.6) is 5.75 Å². The zero-order valence-corrected chi connectivity index (χ0v) is 15.7. The molecule has 0 spiro atoms. The number of rotatable bonds is 6. The van der Waals surface area contributed by atoms with Crippen LogP contribution in [0, 0.1) is 6.92 Å². The molecule has 2 N–H and O–H groups in total. The minimum absolute atomic E-state index is 0.0476. The highest BCUT2D eigenvalue weighted by Crippen LogP contribution is 2.28. The second kappa shape index (κ2) is 8.10. The summed E-state index contributed by atoms with van der Waals surface area (Å²) in [5.74, 6) is 1.68. The second-order valence-electron chi connectivity index (χ2n) is 6.60. The number of carbonyl (C=O) groups is 1. The molecule has 0 saturated heterocycles. The molecule has 3 aromatic rings. The van der Waals surface area contributed by atoms with Crippen LogP contribution in [0.25, 0.3) is 11.3 Å². The molecule has 0 aliphatic carbocycles. The predicted molar refractivity (Wildman–Crippen MR) is 105 cm³/mol. The Balaban J connectivity index is 1.76. The first-order valence-electron chi connectivity index (χ1n) is 8.85. The average molecular weight is 365 g/mol. The van der Waals surface area contributed by atoms with Crippen molar-refractivity contribution in [3.8, 4) is 17.1 Å². The van der Waals surface area contributed by atoms with E-state index in [0.717, 1.165) is 11.1 Å². The van der Waals surface area contributed by atoms with E-state index in [1.807, 2.05) is 51.1 Å². The first kappa shape index (κ1) is 18.7. The highest BCUT2D eigenvalue weighted by atomic mass is 16.5. The van der Waals surface area contributed by atoms with Gasteiger partial charge in [0.25, 0.3) is 5.91 Å². The Morgan fingerprint density at radius 2 is 1.96 bits per heavy atom. The van der Waals surface area contributed by atoms with E-state index in [-0.39, 0.29) is 18.6 Å². The van der Waals surface area contributed by atoms with Crippen molar-refractivity contribution in [3.63, 3.8) is 0 Å². The number of furan rings is 1. The number of ether oxygens (including phenoxy) is 1. The molecule has 0 fully saturated rings. The van der Waals surface area contributed by atoms with Crippen LogP contribution in [-0.4, -0.2) is 17.1 Å². The van der Waals surface area contributed by atoms with Crippen molar-refractivity contribution in [1.29, 1.82) is 0 Å². The summed E-state index contributed by atoms with van der Waals surface area (Å²) in [6, 6.07) is 16.3. The molecule has 0 saturated carbocycles. The molecular formula is C22H23NO4. The molecule has 5 nitrogen and oxygen atoms in total. The van der Waals surface area contributed by atoms with E-state index in [0.29, 0.717) is 28.5 Å². The van der Waals surface area contributed by atoms with Gasteiger partial charge in [-0.05, 0) is 74.9 Å². The Labute approximate surface area is 158 Å². The highest BCUT2D eigenvalue weighted by molar-refractivity contribution is 6.04. The number of aliphatic hydroxyl groups is 1. The summed E-state index contributed by atoms with van der Waals surface area (Å²) in [4.78, 5) is 12.5.